The molecule has 2 radical (unpaired) electrons. The SMILES string of the molecule is O=P(O)(O)O.O=P(O)(O)O.[Mg]. The Bertz CT molecular complexity index is 124. The summed E-state index contributed by atoms with van der Waals surface area (Å²) in [6, 6.07) is 0. The average Bonchev–Trinajstić information content (AvgIpc) is 1.12. The summed E-state index contributed by atoms with van der Waals surface area (Å²) in [4.78, 5) is 43.1. The molecule has 0 aliphatic carbocycles. The summed E-state index contributed by atoms with van der Waals surface area (Å²) < 4.78 is 17.8. The van der Waals surface area contributed by atoms with Crippen LogP contribution in [0.3, 0.4) is 0 Å². The lowest BCUT2D eigenvalue weighted by Crippen LogP contribution is -1.66. The van der Waals surface area contributed by atoms with Crippen LogP contribution in [0.25, 0.3) is 0 Å². The summed E-state index contributed by atoms with van der Waals surface area (Å²) in [5, 5.41) is 0. The van der Waals surface area contributed by atoms with Crippen LogP contribution < -0.4 is 0 Å². The highest BCUT2D eigenvalue weighted by molar-refractivity contribution is 7.45. The quantitative estimate of drug-likeness (QED) is 0.198. The highest BCUT2D eigenvalue weighted by Crippen LogP contribution is 2.26. The molecule has 0 heterocycles. The fraction of sp³-hybridized carbons (Fsp3) is 0. The average molecular weight is 220 g/mol. The fourth-order valence-corrected chi connectivity index (χ4v) is 0. The number of rotatable bonds is 0. The molecule has 0 aromatic heterocycles. The van der Waals surface area contributed by atoms with Gasteiger partial charge in [-0.15, -0.1) is 0 Å². The molecule has 0 aromatic rings. The van der Waals surface area contributed by atoms with E-state index in [0.717, 1.165) is 0 Å². The van der Waals surface area contributed by atoms with Crippen molar-refractivity contribution in [1.29, 1.82) is 0 Å². The van der Waals surface area contributed by atoms with Crippen molar-refractivity contribution >= 4 is 38.7 Å². The summed E-state index contributed by atoms with van der Waals surface area (Å²) in [5.74, 6) is 0. The van der Waals surface area contributed by atoms with Gasteiger partial charge in [-0.1, -0.05) is 0 Å². The molecule has 11 heteroatoms. The van der Waals surface area contributed by atoms with Crippen LogP contribution in [-0.4, -0.2) is 52.4 Å². The van der Waals surface area contributed by atoms with Crippen LogP contribution in [0.4, 0.5) is 0 Å². The molecule has 0 atom stereocenters. The van der Waals surface area contributed by atoms with Crippen LogP contribution in [0.2, 0.25) is 0 Å². The second kappa shape index (κ2) is 6.50. The molecule has 11 heavy (non-hydrogen) atoms. The molecule has 0 aromatic carbocycles. The Morgan fingerprint density at radius 2 is 0.636 bits per heavy atom. The van der Waals surface area contributed by atoms with Crippen LogP contribution in [0.1, 0.15) is 0 Å². The Kier molecular flexibility index (Phi) is 10.6. The predicted molar refractivity (Wildman–Crippen MR) is 34.3 cm³/mol. The molecule has 66 valence electrons. The second-order valence-electron chi connectivity index (χ2n) is 1.03. The van der Waals surface area contributed by atoms with E-state index in [9.17, 15) is 0 Å². The van der Waals surface area contributed by atoms with Gasteiger partial charge < -0.3 is 29.4 Å². The van der Waals surface area contributed by atoms with Crippen LogP contribution in [0, 0.1) is 0 Å². The molecule has 0 rings (SSSR count). The van der Waals surface area contributed by atoms with Crippen molar-refractivity contribution in [2.45, 2.75) is 0 Å². The molecule has 8 nitrogen and oxygen atoms in total. The van der Waals surface area contributed by atoms with Gasteiger partial charge in [0.1, 0.15) is 0 Å². The van der Waals surface area contributed by atoms with E-state index in [2.05, 4.69) is 0 Å². The summed E-state index contributed by atoms with van der Waals surface area (Å²) >= 11 is 0. The lowest BCUT2D eigenvalue weighted by atomic mass is 15.8. The lowest BCUT2D eigenvalue weighted by Gasteiger charge is -1.82. The first kappa shape index (κ1) is 17.9. The smallest absolute Gasteiger partial charge is 0.303 e. The largest absolute Gasteiger partial charge is 0.466 e. The van der Waals surface area contributed by atoms with E-state index in [4.69, 9.17) is 38.5 Å². The van der Waals surface area contributed by atoms with E-state index >= 15 is 0 Å². The molecule has 0 saturated heterocycles. The Labute approximate surface area is 77.5 Å². The van der Waals surface area contributed by atoms with E-state index in [1.54, 1.807) is 0 Å². The van der Waals surface area contributed by atoms with E-state index < -0.39 is 15.6 Å². The molecule has 0 bridgehead atoms. The molecule has 0 spiro atoms. The zero-order chi connectivity index (χ0) is 9.00. The second-order valence-corrected chi connectivity index (χ2v) is 3.08. The highest BCUT2D eigenvalue weighted by atomic mass is 31.2. The Morgan fingerprint density at radius 3 is 0.636 bits per heavy atom. The Hall–Kier alpha value is 0.986. The topological polar surface area (TPSA) is 156 Å². The van der Waals surface area contributed by atoms with Gasteiger partial charge in [0.05, 0.1) is 0 Å². The molecule has 0 unspecified atom stereocenters. The number of hydrogen-bond acceptors (Lipinski definition) is 2. The predicted octanol–water partition coefficient (Wildman–Crippen LogP) is -2.24. The first-order chi connectivity index (χ1) is 4.00. The third-order valence-corrected chi connectivity index (χ3v) is 0. The third kappa shape index (κ3) is 912. The summed E-state index contributed by atoms with van der Waals surface area (Å²) in [7, 11) is -9.28. The molecular formula is H6MgO8P2. The monoisotopic (exact) mass is 220 g/mol. The van der Waals surface area contributed by atoms with E-state index in [1.165, 1.54) is 0 Å². The van der Waals surface area contributed by atoms with Crippen molar-refractivity contribution in [1.82, 2.24) is 0 Å². The van der Waals surface area contributed by atoms with Crippen molar-refractivity contribution in [2.75, 3.05) is 0 Å². The third-order valence-electron chi connectivity index (χ3n) is 0. The molecule has 0 amide bonds. The van der Waals surface area contributed by atoms with Crippen LogP contribution in [0.5, 0.6) is 0 Å². The number of phosphoric acid groups is 2. The van der Waals surface area contributed by atoms with Gasteiger partial charge in [0.15, 0.2) is 0 Å². The molecule has 6 N–H and O–H groups in total. The molecular weight excluding hydrogens is 214 g/mol. The van der Waals surface area contributed by atoms with Crippen molar-refractivity contribution in [3.8, 4) is 0 Å². The fourth-order valence-electron chi connectivity index (χ4n) is 0. The standard InChI is InChI=1S/Mg.2H3O4P/c;2*1-5(2,3)4/h;2*(H3,1,2,3,4). The van der Waals surface area contributed by atoms with Gasteiger partial charge in [-0.2, -0.15) is 0 Å². The van der Waals surface area contributed by atoms with Gasteiger partial charge in [-0.25, -0.2) is 9.13 Å². The molecule has 0 fully saturated rings. The zero-order valence-corrected chi connectivity index (χ0v) is 8.30. The number of hydrogen-bond donors (Lipinski definition) is 6. The van der Waals surface area contributed by atoms with Crippen molar-refractivity contribution in [2.24, 2.45) is 0 Å². The van der Waals surface area contributed by atoms with Gasteiger partial charge in [0.25, 0.3) is 0 Å². The maximum Gasteiger partial charge on any atom is 0.466 e. The maximum absolute atomic E-state index is 8.88. The first-order valence-corrected chi connectivity index (χ1v) is 4.70. The zero-order valence-electron chi connectivity index (χ0n) is 5.10. The highest BCUT2D eigenvalue weighted by Gasteiger charge is 2.00. The van der Waals surface area contributed by atoms with E-state index in [-0.39, 0.29) is 23.1 Å². The summed E-state index contributed by atoms with van der Waals surface area (Å²) in [6.45, 7) is 0. The minimum atomic E-state index is -4.64. The van der Waals surface area contributed by atoms with Gasteiger partial charge in [-0.05, 0) is 0 Å². The minimum Gasteiger partial charge on any atom is -0.303 e. The van der Waals surface area contributed by atoms with E-state index in [0.29, 0.717) is 0 Å². The normalized spacial score (nSPS) is 10.7. The van der Waals surface area contributed by atoms with Gasteiger partial charge in [0, 0.05) is 23.1 Å². The van der Waals surface area contributed by atoms with Crippen molar-refractivity contribution in [3.63, 3.8) is 0 Å². The molecule has 0 saturated carbocycles. The summed E-state index contributed by atoms with van der Waals surface area (Å²) in [6.07, 6.45) is 0. The molecule has 0 aliphatic rings. The summed E-state index contributed by atoms with van der Waals surface area (Å²) in [5.41, 5.74) is 0. The van der Waals surface area contributed by atoms with Crippen LogP contribution in [-0.2, 0) is 9.13 Å². The minimum absolute atomic E-state index is 0. The Balaban J connectivity index is -0.000000107. The maximum atomic E-state index is 8.88. The Morgan fingerprint density at radius 1 is 0.636 bits per heavy atom. The van der Waals surface area contributed by atoms with Gasteiger partial charge in [0.2, 0.25) is 0 Å². The van der Waals surface area contributed by atoms with Crippen molar-refractivity contribution < 1.29 is 38.5 Å². The lowest BCUT2D eigenvalue weighted by molar-refractivity contribution is 0.272. The van der Waals surface area contributed by atoms with Gasteiger partial charge in [-0.3, -0.25) is 0 Å². The van der Waals surface area contributed by atoms with Gasteiger partial charge >= 0.3 is 15.6 Å². The molecule has 0 aliphatic heterocycles. The van der Waals surface area contributed by atoms with Crippen molar-refractivity contribution in [3.05, 3.63) is 0 Å². The van der Waals surface area contributed by atoms with Crippen LogP contribution in [0.15, 0.2) is 0 Å². The van der Waals surface area contributed by atoms with E-state index in [1.807, 2.05) is 0 Å². The first-order valence-electron chi connectivity index (χ1n) is 1.57. The van der Waals surface area contributed by atoms with Crippen LogP contribution >= 0.6 is 15.6 Å².